The lowest BCUT2D eigenvalue weighted by Gasteiger charge is -2.18. The number of hydrogen-bond acceptors (Lipinski definition) is 3. The maximum Gasteiger partial charge on any atom is 0.185 e. The minimum Gasteiger partial charge on any atom is -0.348 e. The highest BCUT2D eigenvalue weighted by molar-refractivity contribution is 7.13. The number of unbranched alkanes of at least 4 members (excludes halogenated alkanes) is 1. The number of anilines is 1. The molecule has 0 amide bonds. The highest BCUT2D eigenvalue weighted by atomic mass is 32.1. The molecule has 0 aliphatic carbocycles. The average molecular weight is 198 g/mol. The van der Waals surface area contributed by atoms with E-state index in [2.05, 4.69) is 29.1 Å². The average Bonchev–Trinajstić information content (AvgIpc) is 2.54. The molecule has 2 nitrogen and oxygen atoms in total. The number of hydrogen-bond donors (Lipinski definition) is 0. The first-order valence-corrected chi connectivity index (χ1v) is 5.83. The van der Waals surface area contributed by atoms with Gasteiger partial charge in [-0.3, -0.25) is 0 Å². The number of rotatable bonds is 5. The van der Waals surface area contributed by atoms with Crippen LogP contribution in [0.3, 0.4) is 0 Å². The summed E-state index contributed by atoms with van der Waals surface area (Å²) in [5.74, 6) is 0. The third-order valence-electron chi connectivity index (χ3n) is 2.04. The Balaban J connectivity index is 2.56. The first-order chi connectivity index (χ1) is 6.27. The normalized spacial score (nSPS) is 10.4. The first kappa shape index (κ1) is 10.5. The Morgan fingerprint density at radius 2 is 2.23 bits per heavy atom. The molecule has 0 aromatic carbocycles. The van der Waals surface area contributed by atoms with Gasteiger partial charge in [-0.15, -0.1) is 11.3 Å². The second-order valence-corrected chi connectivity index (χ2v) is 4.04. The zero-order valence-electron chi connectivity index (χ0n) is 8.71. The van der Waals surface area contributed by atoms with Crippen LogP contribution in [0.2, 0.25) is 0 Å². The van der Waals surface area contributed by atoms with E-state index < -0.39 is 0 Å². The molecule has 3 heteroatoms. The number of nitrogens with zero attached hydrogens (tertiary/aromatic N) is 2. The van der Waals surface area contributed by atoms with Crippen LogP contribution in [-0.2, 0) is 0 Å². The zero-order valence-corrected chi connectivity index (χ0v) is 9.52. The van der Waals surface area contributed by atoms with Crippen LogP contribution in [0.25, 0.3) is 0 Å². The lowest BCUT2D eigenvalue weighted by Crippen LogP contribution is -2.23. The molecule has 0 saturated heterocycles. The van der Waals surface area contributed by atoms with E-state index in [1.165, 1.54) is 18.0 Å². The molecular weight excluding hydrogens is 180 g/mol. The molecule has 0 N–H and O–H groups in total. The molecular formula is C10H18N2S. The second kappa shape index (κ2) is 5.22. The topological polar surface area (TPSA) is 16.1 Å². The molecule has 1 aromatic rings. The Morgan fingerprint density at radius 3 is 2.69 bits per heavy atom. The third kappa shape index (κ3) is 2.99. The largest absolute Gasteiger partial charge is 0.348 e. The van der Waals surface area contributed by atoms with E-state index in [-0.39, 0.29) is 0 Å². The predicted molar refractivity (Wildman–Crippen MR) is 59.6 cm³/mol. The van der Waals surface area contributed by atoms with Gasteiger partial charge in [0, 0.05) is 18.5 Å². The summed E-state index contributed by atoms with van der Waals surface area (Å²) in [6.07, 6.45) is 2.51. The Hall–Kier alpha value is -0.570. The molecule has 1 aromatic heterocycles. The van der Waals surface area contributed by atoms with E-state index in [1.807, 2.05) is 6.92 Å². The SMILES string of the molecule is CCCCN(CC)c1nc(C)cs1. The summed E-state index contributed by atoms with van der Waals surface area (Å²) in [4.78, 5) is 6.83. The molecule has 74 valence electrons. The lowest BCUT2D eigenvalue weighted by molar-refractivity contribution is 0.729. The fraction of sp³-hybridized carbons (Fsp3) is 0.700. The van der Waals surface area contributed by atoms with Crippen molar-refractivity contribution in [1.82, 2.24) is 4.98 Å². The van der Waals surface area contributed by atoms with Crippen molar-refractivity contribution >= 4 is 16.5 Å². The standard InChI is InChI=1S/C10H18N2S/c1-4-6-7-12(5-2)10-11-9(3)8-13-10/h8H,4-7H2,1-3H3. The Morgan fingerprint density at radius 1 is 1.46 bits per heavy atom. The van der Waals surface area contributed by atoms with Crippen molar-refractivity contribution in [3.63, 3.8) is 0 Å². The molecule has 0 spiro atoms. The molecule has 0 bridgehead atoms. The highest BCUT2D eigenvalue weighted by Crippen LogP contribution is 2.19. The molecule has 0 aliphatic rings. The summed E-state index contributed by atoms with van der Waals surface area (Å²) < 4.78 is 0. The zero-order chi connectivity index (χ0) is 9.68. The highest BCUT2D eigenvalue weighted by Gasteiger charge is 2.06. The van der Waals surface area contributed by atoms with Crippen molar-refractivity contribution in [2.24, 2.45) is 0 Å². The molecule has 13 heavy (non-hydrogen) atoms. The fourth-order valence-corrected chi connectivity index (χ4v) is 2.12. The predicted octanol–water partition coefficient (Wildman–Crippen LogP) is 3.08. The van der Waals surface area contributed by atoms with Crippen LogP contribution in [0.4, 0.5) is 5.13 Å². The van der Waals surface area contributed by atoms with Crippen molar-refractivity contribution in [1.29, 1.82) is 0 Å². The van der Waals surface area contributed by atoms with E-state index in [0.717, 1.165) is 18.8 Å². The molecule has 0 unspecified atom stereocenters. The van der Waals surface area contributed by atoms with Gasteiger partial charge in [0.1, 0.15) is 0 Å². The van der Waals surface area contributed by atoms with Gasteiger partial charge in [-0.1, -0.05) is 13.3 Å². The van der Waals surface area contributed by atoms with Gasteiger partial charge in [0.05, 0.1) is 5.69 Å². The lowest BCUT2D eigenvalue weighted by atomic mass is 10.3. The van der Waals surface area contributed by atoms with E-state index in [9.17, 15) is 0 Å². The maximum atomic E-state index is 4.48. The van der Waals surface area contributed by atoms with Gasteiger partial charge in [-0.25, -0.2) is 4.98 Å². The summed E-state index contributed by atoms with van der Waals surface area (Å²) >= 11 is 1.75. The van der Waals surface area contributed by atoms with E-state index in [0.29, 0.717) is 0 Å². The van der Waals surface area contributed by atoms with Crippen LogP contribution in [-0.4, -0.2) is 18.1 Å². The van der Waals surface area contributed by atoms with Crippen molar-refractivity contribution in [2.45, 2.75) is 33.6 Å². The van der Waals surface area contributed by atoms with Crippen molar-refractivity contribution < 1.29 is 0 Å². The quantitative estimate of drug-likeness (QED) is 0.723. The van der Waals surface area contributed by atoms with Crippen LogP contribution in [0.15, 0.2) is 5.38 Å². The molecule has 0 atom stereocenters. The summed E-state index contributed by atoms with van der Waals surface area (Å²) in [6, 6.07) is 0. The molecule has 0 saturated carbocycles. The van der Waals surface area contributed by atoms with Crippen LogP contribution in [0, 0.1) is 6.92 Å². The van der Waals surface area contributed by atoms with Crippen LogP contribution < -0.4 is 4.90 Å². The van der Waals surface area contributed by atoms with E-state index >= 15 is 0 Å². The van der Waals surface area contributed by atoms with E-state index in [4.69, 9.17) is 0 Å². The molecule has 0 radical (unpaired) electrons. The van der Waals surface area contributed by atoms with Crippen LogP contribution in [0.1, 0.15) is 32.4 Å². The molecule has 0 aliphatic heterocycles. The molecule has 0 fully saturated rings. The van der Waals surface area contributed by atoms with Gasteiger partial charge in [-0.2, -0.15) is 0 Å². The van der Waals surface area contributed by atoms with Gasteiger partial charge < -0.3 is 4.90 Å². The Bertz CT molecular complexity index is 245. The Labute approximate surface area is 84.6 Å². The number of thiazole rings is 1. The van der Waals surface area contributed by atoms with Crippen molar-refractivity contribution in [3.05, 3.63) is 11.1 Å². The van der Waals surface area contributed by atoms with Gasteiger partial charge in [-0.05, 0) is 20.3 Å². The van der Waals surface area contributed by atoms with Gasteiger partial charge in [0.2, 0.25) is 0 Å². The van der Waals surface area contributed by atoms with Crippen LogP contribution in [0.5, 0.6) is 0 Å². The summed E-state index contributed by atoms with van der Waals surface area (Å²) in [5, 5.41) is 3.29. The van der Waals surface area contributed by atoms with Gasteiger partial charge >= 0.3 is 0 Å². The van der Waals surface area contributed by atoms with Gasteiger partial charge in [0.15, 0.2) is 5.13 Å². The van der Waals surface area contributed by atoms with E-state index in [1.54, 1.807) is 11.3 Å². The minimum absolute atomic E-state index is 1.06. The maximum absolute atomic E-state index is 4.48. The summed E-state index contributed by atoms with van der Waals surface area (Å²) in [6.45, 7) is 8.66. The fourth-order valence-electron chi connectivity index (χ4n) is 1.22. The second-order valence-electron chi connectivity index (χ2n) is 3.20. The number of aryl methyl sites for hydroxylation is 1. The van der Waals surface area contributed by atoms with Gasteiger partial charge in [0.25, 0.3) is 0 Å². The van der Waals surface area contributed by atoms with Crippen molar-refractivity contribution in [3.8, 4) is 0 Å². The van der Waals surface area contributed by atoms with Crippen LogP contribution >= 0.6 is 11.3 Å². The third-order valence-corrected chi connectivity index (χ3v) is 3.06. The smallest absolute Gasteiger partial charge is 0.185 e. The summed E-state index contributed by atoms with van der Waals surface area (Å²) in [7, 11) is 0. The monoisotopic (exact) mass is 198 g/mol. The first-order valence-electron chi connectivity index (χ1n) is 4.95. The Kier molecular flexibility index (Phi) is 4.22. The number of aromatic nitrogens is 1. The van der Waals surface area contributed by atoms with Crippen molar-refractivity contribution in [2.75, 3.05) is 18.0 Å². The molecule has 1 rings (SSSR count). The minimum atomic E-state index is 1.06. The molecule has 1 heterocycles. The summed E-state index contributed by atoms with van der Waals surface area (Å²) in [5.41, 5.74) is 1.13.